The molecule has 84 valence electrons. The molecule has 0 aliphatic rings. The fourth-order valence-corrected chi connectivity index (χ4v) is 1.16. The summed E-state index contributed by atoms with van der Waals surface area (Å²) >= 11 is 0. The van der Waals surface area contributed by atoms with Gasteiger partial charge in [0.1, 0.15) is 0 Å². The molecule has 0 aliphatic heterocycles. The van der Waals surface area contributed by atoms with Crippen molar-refractivity contribution >= 4 is 5.95 Å². The lowest BCUT2D eigenvalue weighted by Crippen LogP contribution is -2.17. The van der Waals surface area contributed by atoms with E-state index in [2.05, 4.69) is 29.1 Å². The molecular weight excluding hydrogens is 190 g/mol. The van der Waals surface area contributed by atoms with Crippen LogP contribution in [0.25, 0.3) is 0 Å². The predicted octanol–water partition coefficient (Wildman–Crippen LogP) is 1.96. The number of aromatic amines is 1. The van der Waals surface area contributed by atoms with Crippen LogP contribution in [0.2, 0.25) is 0 Å². The smallest absolute Gasteiger partial charge is 0.252 e. The van der Waals surface area contributed by atoms with Crippen molar-refractivity contribution in [1.82, 2.24) is 9.97 Å². The van der Waals surface area contributed by atoms with E-state index < -0.39 is 0 Å². The average molecular weight is 209 g/mol. The minimum Gasteiger partial charge on any atom is -0.355 e. The van der Waals surface area contributed by atoms with Crippen molar-refractivity contribution in [2.45, 2.75) is 33.6 Å². The molecule has 0 bridgehead atoms. The van der Waals surface area contributed by atoms with Crippen LogP contribution in [0.15, 0.2) is 10.9 Å². The van der Waals surface area contributed by atoms with Gasteiger partial charge >= 0.3 is 0 Å². The Labute approximate surface area is 90.1 Å². The zero-order valence-corrected chi connectivity index (χ0v) is 9.79. The molecular formula is C11H19N3O. The van der Waals surface area contributed by atoms with Gasteiger partial charge in [-0.2, -0.15) is 0 Å². The highest BCUT2D eigenvalue weighted by molar-refractivity contribution is 5.26. The summed E-state index contributed by atoms with van der Waals surface area (Å²) in [4.78, 5) is 18.3. The SMILES string of the molecule is CC(C)CNc1nc(C(C)C)cc(=O)[nH]1. The second kappa shape index (κ2) is 4.96. The first-order valence-corrected chi connectivity index (χ1v) is 5.34. The van der Waals surface area contributed by atoms with Gasteiger partial charge < -0.3 is 5.32 Å². The molecule has 15 heavy (non-hydrogen) atoms. The maximum Gasteiger partial charge on any atom is 0.252 e. The van der Waals surface area contributed by atoms with Crippen molar-refractivity contribution in [2.24, 2.45) is 5.92 Å². The number of rotatable bonds is 4. The first-order valence-electron chi connectivity index (χ1n) is 5.34. The Bertz CT molecular complexity index is 368. The molecule has 0 amide bonds. The highest BCUT2D eigenvalue weighted by Gasteiger charge is 2.04. The molecule has 0 radical (unpaired) electrons. The van der Waals surface area contributed by atoms with Crippen LogP contribution in [-0.2, 0) is 0 Å². The van der Waals surface area contributed by atoms with Crippen molar-refractivity contribution in [1.29, 1.82) is 0 Å². The predicted molar refractivity (Wildman–Crippen MR) is 62.3 cm³/mol. The van der Waals surface area contributed by atoms with Crippen molar-refractivity contribution < 1.29 is 0 Å². The molecule has 2 N–H and O–H groups in total. The molecule has 1 aromatic rings. The first-order chi connectivity index (χ1) is 6.99. The standard InChI is InChI=1S/C11H19N3O/c1-7(2)6-12-11-13-9(8(3)4)5-10(15)14-11/h5,7-8H,6H2,1-4H3,(H2,12,13,14,15). The molecule has 0 saturated heterocycles. The number of hydrogen-bond donors (Lipinski definition) is 2. The zero-order chi connectivity index (χ0) is 11.4. The second-order valence-electron chi connectivity index (χ2n) is 4.45. The molecule has 0 aromatic carbocycles. The maximum absolute atomic E-state index is 11.3. The fraction of sp³-hybridized carbons (Fsp3) is 0.636. The minimum atomic E-state index is -0.0973. The summed E-state index contributed by atoms with van der Waals surface area (Å²) in [7, 11) is 0. The molecule has 0 atom stereocenters. The molecule has 0 spiro atoms. The third-order valence-corrected chi connectivity index (χ3v) is 2.03. The van der Waals surface area contributed by atoms with Crippen LogP contribution in [0.1, 0.15) is 39.3 Å². The third-order valence-electron chi connectivity index (χ3n) is 2.03. The number of anilines is 1. The molecule has 4 heteroatoms. The van der Waals surface area contributed by atoms with Crippen molar-refractivity contribution in [3.8, 4) is 0 Å². The molecule has 1 heterocycles. The molecule has 1 rings (SSSR count). The summed E-state index contributed by atoms with van der Waals surface area (Å²) in [5.41, 5.74) is 0.727. The van der Waals surface area contributed by atoms with Gasteiger partial charge in [-0.15, -0.1) is 0 Å². The van der Waals surface area contributed by atoms with E-state index >= 15 is 0 Å². The van der Waals surface area contributed by atoms with Crippen LogP contribution >= 0.6 is 0 Å². The second-order valence-corrected chi connectivity index (χ2v) is 4.45. The lowest BCUT2D eigenvalue weighted by molar-refractivity contribution is 0.682. The molecule has 4 nitrogen and oxygen atoms in total. The quantitative estimate of drug-likeness (QED) is 0.797. The zero-order valence-electron chi connectivity index (χ0n) is 9.79. The summed E-state index contributed by atoms with van der Waals surface area (Å²) in [6, 6.07) is 1.55. The summed E-state index contributed by atoms with van der Waals surface area (Å²) in [5.74, 6) is 1.37. The summed E-state index contributed by atoms with van der Waals surface area (Å²) in [5, 5.41) is 3.11. The van der Waals surface area contributed by atoms with Gasteiger partial charge in [0, 0.05) is 12.6 Å². The summed E-state index contributed by atoms with van der Waals surface area (Å²) < 4.78 is 0. The van der Waals surface area contributed by atoms with Crippen molar-refractivity contribution in [2.75, 3.05) is 11.9 Å². The minimum absolute atomic E-state index is 0.0973. The van der Waals surface area contributed by atoms with Crippen LogP contribution in [-0.4, -0.2) is 16.5 Å². The largest absolute Gasteiger partial charge is 0.355 e. The van der Waals surface area contributed by atoms with E-state index in [-0.39, 0.29) is 11.5 Å². The van der Waals surface area contributed by atoms with Gasteiger partial charge in [-0.05, 0) is 11.8 Å². The molecule has 1 aromatic heterocycles. The van der Waals surface area contributed by atoms with Gasteiger partial charge in [-0.1, -0.05) is 27.7 Å². The normalized spacial score (nSPS) is 11.1. The fourth-order valence-electron chi connectivity index (χ4n) is 1.16. The van der Waals surface area contributed by atoms with Gasteiger partial charge in [0.15, 0.2) is 0 Å². The van der Waals surface area contributed by atoms with Crippen LogP contribution in [0.5, 0.6) is 0 Å². The van der Waals surface area contributed by atoms with E-state index in [0.29, 0.717) is 11.9 Å². The van der Waals surface area contributed by atoms with E-state index in [1.807, 2.05) is 13.8 Å². The lowest BCUT2D eigenvalue weighted by atomic mass is 10.1. The van der Waals surface area contributed by atoms with E-state index in [1.165, 1.54) is 0 Å². The van der Waals surface area contributed by atoms with Gasteiger partial charge in [0.25, 0.3) is 5.56 Å². The first kappa shape index (κ1) is 11.8. The third kappa shape index (κ3) is 3.73. The topological polar surface area (TPSA) is 57.8 Å². The van der Waals surface area contributed by atoms with Crippen LogP contribution in [0, 0.1) is 5.92 Å². The van der Waals surface area contributed by atoms with Gasteiger partial charge in [0.05, 0.1) is 5.69 Å². The number of nitrogens with zero attached hydrogens (tertiary/aromatic N) is 1. The Kier molecular flexibility index (Phi) is 3.88. The Balaban J connectivity index is 2.84. The van der Waals surface area contributed by atoms with E-state index in [9.17, 15) is 4.79 Å². The Morgan fingerprint density at radius 3 is 2.60 bits per heavy atom. The van der Waals surface area contributed by atoms with Crippen molar-refractivity contribution in [3.05, 3.63) is 22.1 Å². The van der Waals surface area contributed by atoms with Gasteiger partial charge in [0.2, 0.25) is 5.95 Å². The van der Waals surface area contributed by atoms with E-state index in [1.54, 1.807) is 6.07 Å². The molecule has 0 saturated carbocycles. The number of aromatic nitrogens is 2. The Morgan fingerprint density at radius 2 is 2.07 bits per heavy atom. The number of H-pyrrole nitrogens is 1. The Hall–Kier alpha value is -1.32. The van der Waals surface area contributed by atoms with Crippen LogP contribution in [0.4, 0.5) is 5.95 Å². The number of nitrogens with one attached hydrogen (secondary N) is 2. The van der Waals surface area contributed by atoms with Crippen LogP contribution in [0.3, 0.4) is 0 Å². The van der Waals surface area contributed by atoms with Gasteiger partial charge in [-0.3, -0.25) is 9.78 Å². The van der Waals surface area contributed by atoms with Crippen molar-refractivity contribution in [3.63, 3.8) is 0 Å². The number of hydrogen-bond acceptors (Lipinski definition) is 3. The molecule has 0 aliphatic carbocycles. The monoisotopic (exact) mass is 209 g/mol. The molecule has 0 unspecified atom stereocenters. The summed E-state index contributed by atoms with van der Waals surface area (Å²) in [6.07, 6.45) is 0. The highest BCUT2D eigenvalue weighted by Crippen LogP contribution is 2.10. The van der Waals surface area contributed by atoms with E-state index in [4.69, 9.17) is 0 Å². The van der Waals surface area contributed by atoms with E-state index in [0.717, 1.165) is 12.2 Å². The van der Waals surface area contributed by atoms with Crippen LogP contribution < -0.4 is 10.9 Å². The lowest BCUT2D eigenvalue weighted by Gasteiger charge is -2.10. The Morgan fingerprint density at radius 1 is 1.40 bits per heavy atom. The molecule has 0 fully saturated rings. The maximum atomic E-state index is 11.3. The highest BCUT2D eigenvalue weighted by atomic mass is 16.1. The van der Waals surface area contributed by atoms with Gasteiger partial charge in [-0.25, -0.2) is 4.98 Å². The average Bonchev–Trinajstić information content (AvgIpc) is 2.13. The summed E-state index contributed by atoms with van der Waals surface area (Å²) in [6.45, 7) is 9.07.